The van der Waals surface area contributed by atoms with Gasteiger partial charge in [0.2, 0.25) is 0 Å². The molecule has 1 aromatic carbocycles. The zero-order chi connectivity index (χ0) is 14.0. The first kappa shape index (κ1) is 14.2. The Bertz CT molecular complexity index is 430. The van der Waals surface area contributed by atoms with Crippen LogP contribution in [-0.4, -0.2) is 23.4 Å². The van der Waals surface area contributed by atoms with Crippen LogP contribution in [0.4, 0.5) is 8.78 Å². The van der Waals surface area contributed by atoms with Crippen molar-refractivity contribution in [3.8, 4) is 5.75 Å². The van der Waals surface area contributed by atoms with Crippen LogP contribution in [0.25, 0.3) is 0 Å². The summed E-state index contributed by atoms with van der Waals surface area (Å²) in [7, 11) is 0. The lowest BCUT2D eigenvalue weighted by Crippen LogP contribution is -2.28. The molecule has 2 rings (SSSR count). The predicted octanol–water partition coefficient (Wildman–Crippen LogP) is 2.37. The number of benzene rings is 1. The zero-order valence-corrected chi connectivity index (χ0v) is 11.2. The molecule has 0 saturated heterocycles. The van der Waals surface area contributed by atoms with Crippen LogP contribution >= 0.6 is 0 Å². The monoisotopic (exact) mass is 271 g/mol. The first-order chi connectivity index (χ1) is 8.85. The summed E-state index contributed by atoms with van der Waals surface area (Å²) in [4.78, 5) is 0. The van der Waals surface area contributed by atoms with Gasteiger partial charge in [0.15, 0.2) is 17.4 Å². The second-order valence-electron chi connectivity index (χ2n) is 5.64. The molecule has 1 fully saturated rings. The molecule has 1 aromatic rings. The molecule has 0 aliphatic heterocycles. The third-order valence-electron chi connectivity index (χ3n) is 2.80. The molecule has 0 amide bonds. The van der Waals surface area contributed by atoms with Gasteiger partial charge in [-0.05, 0) is 44.4 Å². The van der Waals surface area contributed by atoms with E-state index in [1.54, 1.807) is 0 Å². The van der Waals surface area contributed by atoms with Crippen LogP contribution in [0.3, 0.4) is 0 Å². The third kappa shape index (κ3) is 4.44. The zero-order valence-electron chi connectivity index (χ0n) is 11.2. The van der Waals surface area contributed by atoms with Gasteiger partial charge in [0.05, 0.1) is 5.60 Å². The van der Waals surface area contributed by atoms with Crippen molar-refractivity contribution in [1.29, 1.82) is 0 Å². The molecule has 0 unspecified atom stereocenters. The van der Waals surface area contributed by atoms with E-state index in [0.717, 1.165) is 12.8 Å². The molecule has 0 atom stereocenters. The Morgan fingerprint density at radius 1 is 1.32 bits per heavy atom. The molecule has 0 bridgehead atoms. The number of aliphatic hydroxyl groups is 1. The van der Waals surface area contributed by atoms with Crippen molar-refractivity contribution in [2.45, 2.75) is 44.9 Å². The lowest BCUT2D eigenvalue weighted by molar-refractivity contribution is 0.0257. The number of halogens is 2. The summed E-state index contributed by atoms with van der Waals surface area (Å²) in [5, 5.41) is 12.7. The molecular weight excluding hydrogens is 252 g/mol. The highest BCUT2D eigenvalue weighted by molar-refractivity contribution is 5.31. The smallest absolute Gasteiger partial charge is 0.190 e. The van der Waals surface area contributed by atoms with Crippen LogP contribution in [0.1, 0.15) is 32.3 Å². The van der Waals surface area contributed by atoms with Crippen LogP contribution in [-0.2, 0) is 6.54 Å². The van der Waals surface area contributed by atoms with E-state index in [4.69, 9.17) is 4.74 Å². The minimum Gasteiger partial charge on any atom is -0.485 e. The van der Waals surface area contributed by atoms with Crippen molar-refractivity contribution in [2.75, 3.05) is 6.61 Å². The number of ether oxygens (including phenoxy) is 1. The minimum atomic E-state index is -1.13. The number of nitrogens with one attached hydrogen (secondary N) is 1. The SMILES string of the molecule is CC(C)(O)COc1c(F)cc(CNC2CC2)cc1F. The summed E-state index contributed by atoms with van der Waals surface area (Å²) in [5.41, 5.74) is -0.581. The van der Waals surface area contributed by atoms with E-state index in [2.05, 4.69) is 5.32 Å². The highest BCUT2D eigenvalue weighted by atomic mass is 19.1. The van der Waals surface area contributed by atoms with Crippen LogP contribution in [0.2, 0.25) is 0 Å². The molecule has 0 heterocycles. The standard InChI is InChI=1S/C14H19F2NO2/c1-14(2,18)8-19-13-11(15)5-9(6-12(13)16)7-17-10-3-4-10/h5-6,10,17-18H,3-4,7-8H2,1-2H3. The molecule has 19 heavy (non-hydrogen) atoms. The van der Waals surface area contributed by atoms with Crippen LogP contribution < -0.4 is 10.1 Å². The molecule has 2 N–H and O–H groups in total. The van der Waals surface area contributed by atoms with Gasteiger partial charge in [-0.25, -0.2) is 8.78 Å². The fraction of sp³-hybridized carbons (Fsp3) is 0.571. The fourth-order valence-electron chi connectivity index (χ4n) is 1.65. The summed E-state index contributed by atoms with van der Waals surface area (Å²) >= 11 is 0. The maximum absolute atomic E-state index is 13.8. The van der Waals surface area contributed by atoms with Gasteiger partial charge in [-0.3, -0.25) is 0 Å². The maximum Gasteiger partial charge on any atom is 0.190 e. The van der Waals surface area contributed by atoms with E-state index in [1.807, 2.05) is 0 Å². The number of hydrogen-bond acceptors (Lipinski definition) is 3. The Balaban J connectivity index is 2.03. The third-order valence-corrected chi connectivity index (χ3v) is 2.80. The summed E-state index contributed by atoms with van der Waals surface area (Å²) < 4.78 is 32.5. The molecular formula is C14H19F2NO2. The molecule has 1 saturated carbocycles. The van der Waals surface area contributed by atoms with Gasteiger partial charge in [-0.1, -0.05) is 0 Å². The molecule has 0 spiro atoms. The maximum atomic E-state index is 13.8. The fourth-order valence-corrected chi connectivity index (χ4v) is 1.65. The van der Waals surface area contributed by atoms with E-state index in [0.29, 0.717) is 18.2 Å². The summed E-state index contributed by atoms with van der Waals surface area (Å²) in [6.45, 7) is 3.30. The molecule has 1 aliphatic carbocycles. The summed E-state index contributed by atoms with van der Waals surface area (Å²) in [6, 6.07) is 3.01. The van der Waals surface area contributed by atoms with Crippen LogP contribution in [0.15, 0.2) is 12.1 Å². The van der Waals surface area contributed by atoms with Crippen molar-refractivity contribution in [3.05, 3.63) is 29.3 Å². The van der Waals surface area contributed by atoms with E-state index in [-0.39, 0.29) is 6.61 Å². The van der Waals surface area contributed by atoms with Gasteiger partial charge >= 0.3 is 0 Å². The van der Waals surface area contributed by atoms with E-state index < -0.39 is 23.0 Å². The normalized spacial score (nSPS) is 15.6. The lowest BCUT2D eigenvalue weighted by atomic mass is 10.1. The van der Waals surface area contributed by atoms with Gasteiger partial charge < -0.3 is 15.2 Å². The van der Waals surface area contributed by atoms with Crippen molar-refractivity contribution >= 4 is 0 Å². The quantitative estimate of drug-likeness (QED) is 0.834. The predicted molar refractivity (Wildman–Crippen MR) is 68.0 cm³/mol. The summed E-state index contributed by atoms with van der Waals surface area (Å²) in [6.07, 6.45) is 2.25. The lowest BCUT2D eigenvalue weighted by Gasteiger charge is -2.18. The van der Waals surface area contributed by atoms with E-state index in [9.17, 15) is 13.9 Å². The van der Waals surface area contributed by atoms with Gasteiger partial charge in [0, 0.05) is 12.6 Å². The second kappa shape index (κ2) is 5.43. The second-order valence-corrected chi connectivity index (χ2v) is 5.64. The Morgan fingerprint density at radius 2 is 1.89 bits per heavy atom. The van der Waals surface area contributed by atoms with E-state index in [1.165, 1.54) is 26.0 Å². The van der Waals surface area contributed by atoms with Crippen molar-refractivity contribution in [1.82, 2.24) is 5.32 Å². The highest BCUT2D eigenvalue weighted by Gasteiger charge is 2.21. The molecule has 5 heteroatoms. The summed E-state index contributed by atoms with van der Waals surface area (Å²) in [5.74, 6) is -1.91. The first-order valence-electron chi connectivity index (χ1n) is 6.41. The number of hydrogen-bond donors (Lipinski definition) is 2. The van der Waals surface area contributed by atoms with Gasteiger partial charge in [0.25, 0.3) is 0 Å². The average molecular weight is 271 g/mol. The van der Waals surface area contributed by atoms with Crippen LogP contribution in [0.5, 0.6) is 5.75 Å². The molecule has 1 aliphatic rings. The molecule has 0 radical (unpaired) electrons. The van der Waals surface area contributed by atoms with Gasteiger partial charge in [-0.2, -0.15) is 0 Å². The van der Waals surface area contributed by atoms with Crippen molar-refractivity contribution in [3.63, 3.8) is 0 Å². The van der Waals surface area contributed by atoms with Crippen molar-refractivity contribution < 1.29 is 18.6 Å². The Hall–Kier alpha value is -1.20. The van der Waals surface area contributed by atoms with Crippen molar-refractivity contribution in [2.24, 2.45) is 0 Å². The van der Waals surface area contributed by atoms with Crippen LogP contribution in [0, 0.1) is 11.6 Å². The molecule has 3 nitrogen and oxygen atoms in total. The average Bonchev–Trinajstić information content (AvgIpc) is 3.07. The van der Waals surface area contributed by atoms with E-state index >= 15 is 0 Å². The minimum absolute atomic E-state index is 0.166. The first-order valence-corrected chi connectivity index (χ1v) is 6.41. The topological polar surface area (TPSA) is 41.5 Å². The molecule has 106 valence electrons. The largest absolute Gasteiger partial charge is 0.485 e. The Morgan fingerprint density at radius 3 is 2.37 bits per heavy atom. The Kier molecular flexibility index (Phi) is 4.06. The highest BCUT2D eigenvalue weighted by Crippen LogP contribution is 2.25. The van der Waals surface area contributed by atoms with Gasteiger partial charge in [0.1, 0.15) is 6.61 Å². The molecule has 0 aromatic heterocycles. The Labute approximate surface area is 111 Å². The van der Waals surface area contributed by atoms with Gasteiger partial charge in [-0.15, -0.1) is 0 Å². The number of rotatable bonds is 6.